The van der Waals surface area contributed by atoms with Gasteiger partial charge in [0, 0.05) is 6.61 Å². The van der Waals surface area contributed by atoms with Crippen LogP contribution < -0.4 is 0 Å². The van der Waals surface area contributed by atoms with E-state index in [-0.39, 0.29) is 18.9 Å². The van der Waals surface area contributed by atoms with Gasteiger partial charge in [-0.25, -0.2) is 4.79 Å². The second-order valence-corrected chi connectivity index (χ2v) is 6.21. The summed E-state index contributed by atoms with van der Waals surface area (Å²) in [6.45, 7) is 8.45. The Bertz CT molecular complexity index is 463. The lowest BCUT2D eigenvalue weighted by atomic mass is 10.0. The molecule has 0 aliphatic carbocycles. The number of benzene rings is 1. The predicted molar refractivity (Wildman–Crippen MR) is 102 cm³/mol. The maximum Gasteiger partial charge on any atom is 0.338 e. The number of esters is 1. The van der Waals surface area contributed by atoms with Crippen LogP contribution in [0.25, 0.3) is 0 Å². The Labute approximate surface area is 158 Å². The molecular weight excluding hydrogens is 332 g/mol. The van der Waals surface area contributed by atoms with Gasteiger partial charge in [0.05, 0.1) is 25.4 Å². The van der Waals surface area contributed by atoms with Gasteiger partial charge in [-0.3, -0.25) is 0 Å². The highest BCUT2D eigenvalue weighted by atomic mass is 16.7. The van der Waals surface area contributed by atoms with Gasteiger partial charge in [0.15, 0.2) is 6.29 Å². The molecule has 26 heavy (non-hydrogen) atoms. The molecule has 0 aliphatic heterocycles. The molecule has 5 nitrogen and oxygen atoms in total. The Kier molecular flexibility index (Phi) is 12.8. The minimum Gasteiger partial charge on any atom is -0.460 e. The van der Waals surface area contributed by atoms with Gasteiger partial charge in [0.1, 0.15) is 6.61 Å². The van der Waals surface area contributed by atoms with E-state index in [9.17, 15) is 4.79 Å². The highest BCUT2D eigenvalue weighted by molar-refractivity contribution is 5.89. The lowest BCUT2D eigenvalue weighted by molar-refractivity contribution is -0.177. The van der Waals surface area contributed by atoms with Gasteiger partial charge >= 0.3 is 5.97 Å². The first kappa shape index (κ1) is 22.6. The number of hydrogen-bond acceptors (Lipinski definition) is 5. The number of hydrogen-bond donors (Lipinski definition) is 0. The normalized spacial score (nSPS) is 13.3. The van der Waals surface area contributed by atoms with E-state index in [2.05, 4.69) is 13.8 Å². The fraction of sp³-hybridized carbons (Fsp3) is 0.667. The van der Waals surface area contributed by atoms with Crippen molar-refractivity contribution < 1.29 is 23.7 Å². The molecule has 0 heterocycles. The molecule has 0 bridgehead atoms. The van der Waals surface area contributed by atoms with E-state index in [1.54, 1.807) is 24.3 Å². The number of carbonyl (C=O) groups excluding carboxylic acids is 1. The average molecular weight is 366 g/mol. The molecule has 0 amide bonds. The zero-order chi connectivity index (χ0) is 19.0. The van der Waals surface area contributed by atoms with Crippen molar-refractivity contribution >= 4 is 5.97 Å². The SMILES string of the molecule is CCCCC(CC)COC(COCCOC(=O)c1ccccc1)OCC. The van der Waals surface area contributed by atoms with Gasteiger partial charge in [-0.15, -0.1) is 0 Å². The van der Waals surface area contributed by atoms with E-state index < -0.39 is 0 Å². The van der Waals surface area contributed by atoms with Crippen molar-refractivity contribution in [3.8, 4) is 0 Å². The Balaban J connectivity index is 2.21. The second-order valence-electron chi connectivity index (χ2n) is 6.21. The van der Waals surface area contributed by atoms with Crippen molar-refractivity contribution in [2.45, 2.75) is 52.7 Å². The highest BCUT2D eigenvalue weighted by Crippen LogP contribution is 2.14. The maximum absolute atomic E-state index is 11.8. The molecule has 0 saturated heterocycles. The smallest absolute Gasteiger partial charge is 0.338 e. The van der Waals surface area contributed by atoms with Crippen molar-refractivity contribution in [1.29, 1.82) is 0 Å². The molecule has 2 atom stereocenters. The molecule has 0 saturated carbocycles. The third-order valence-electron chi connectivity index (χ3n) is 4.14. The lowest BCUT2D eigenvalue weighted by Crippen LogP contribution is -2.27. The molecule has 148 valence electrons. The number of carbonyl (C=O) groups is 1. The van der Waals surface area contributed by atoms with Gasteiger partial charge in [-0.05, 0) is 31.4 Å². The second kappa shape index (κ2) is 14.7. The summed E-state index contributed by atoms with van der Waals surface area (Å²) in [4.78, 5) is 11.8. The van der Waals surface area contributed by atoms with Crippen molar-refractivity contribution in [1.82, 2.24) is 0 Å². The predicted octanol–water partition coefficient (Wildman–Crippen LogP) is 4.46. The van der Waals surface area contributed by atoms with Crippen LogP contribution in [0.1, 0.15) is 56.8 Å². The fourth-order valence-corrected chi connectivity index (χ4v) is 2.50. The van der Waals surface area contributed by atoms with E-state index in [0.717, 1.165) is 6.42 Å². The van der Waals surface area contributed by atoms with Gasteiger partial charge in [-0.2, -0.15) is 0 Å². The first-order valence-electron chi connectivity index (χ1n) is 9.74. The molecule has 1 rings (SSSR count). The quantitative estimate of drug-likeness (QED) is 0.261. The van der Waals surface area contributed by atoms with Crippen LogP contribution >= 0.6 is 0 Å². The molecular formula is C21H34O5. The van der Waals surface area contributed by atoms with Gasteiger partial charge in [-0.1, -0.05) is 51.3 Å². The molecule has 0 aromatic heterocycles. The van der Waals surface area contributed by atoms with Crippen LogP contribution in [0.2, 0.25) is 0 Å². The number of unbranched alkanes of at least 4 members (excludes halogenated alkanes) is 1. The van der Waals surface area contributed by atoms with Crippen molar-refractivity contribution in [3.05, 3.63) is 35.9 Å². The first-order valence-corrected chi connectivity index (χ1v) is 9.74. The zero-order valence-corrected chi connectivity index (χ0v) is 16.4. The summed E-state index contributed by atoms with van der Waals surface area (Å²) in [5, 5.41) is 0. The summed E-state index contributed by atoms with van der Waals surface area (Å²) in [6.07, 6.45) is 4.35. The fourth-order valence-electron chi connectivity index (χ4n) is 2.50. The van der Waals surface area contributed by atoms with E-state index >= 15 is 0 Å². The molecule has 5 heteroatoms. The topological polar surface area (TPSA) is 54.0 Å². The highest BCUT2D eigenvalue weighted by Gasteiger charge is 2.13. The average Bonchev–Trinajstić information content (AvgIpc) is 2.68. The van der Waals surface area contributed by atoms with Crippen LogP contribution in [0.15, 0.2) is 30.3 Å². The molecule has 1 aromatic rings. The van der Waals surface area contributed by atoms with Crippen LogP contribution in [0.4, 0.5) is 0 Å². The van der Waals surface area contributed by atoms with Crippen LogP contribution in [-0.4, -0.2) is 45.3 Å². The molecule has 0 aliphatic rings. The summed E-state index contributed by atoms with van der Waals surface area (Å²) in [5.41, 5.74) is 0.542. The van der Waals surface area contributed by atoms with E-state index in [4.69, 9.17) is 18.9 Å². The lowest BCUT2D eigenvalue weighted by Gasteiger charge is -2.21. The van der Waals surface area contributed by atoms with Crippen molar-refractivity contribution in [2.24, 2.45) is 5.92 Å². The molecule has 0 radical (unpaired) electrons. The van der Waals surface area contributed by atoms with Gasteiger partial charge in [0.25, 0.3) is 0 Å². The maximum atomic E-state index is 11.8. The van der Waals surface area contributed by atoms with Crippen LogP contribution in [0, 0.1) is 5.92 Å². The van der Waals surface area contributed by atoms with Crippen LogP contribution in [0.3, 0.4) is 0 Å². The molecule has 2 unspecified atom stereocenters. The van der Waals surface area contributed by atoms with Gasteiger partial charge in [0.2, 0.25) is 0 Å². The zero-order valence-electron chi connectivity index (χ0n) is 16.4. The summed E-state index contributed by atoms with van der Waals surface area (Å²) in [6, 6.07) is 8.93. The minimum atomic E-state index is -0.375. The van der Waals surface area contributed by atoms with Crippen LogP contribution in [-0.2, 0) is 18.9 Å². The molecule has 1 aromatic carbocycles. The van der Waals surface area contributed by atoms with Crippen molar-refractivity contribution in [3.63, 3.8) is 0 Å². The Morgan fingerprint density at radius 2 is 1.77 bits per heavy atom. The number of rotatable bonds is 15. The largest absolute Gasteiger partial charge is 0.460 e. The van der Waals surface area contributed by atoms with E-state index in [0.29, 0.717) is 37.9 Å². The standard InChI is InChI=1S/C21H34O5/c1-4-7-11-18(5-2)16-26-20(24-6-3)17-23-14-15-25-21(22)19-12-9-8-10-13-19/h8-10,12-13,18,20H,4-7,11,14-17H2,1-3H3. The Morgan fingerprint density at radius 3 is 2.42 bits per heavy atom. The third kappa shape index (κ3) is 9.90. The van der Waals surface area contributed by atoms with E-state index in [1.807, 2.05) is 13.0 Å². The first-order chi connectivity index (χ1) is 12.7. The summed E-state index contributed by atoms with van der Waals surface area (Å²) in [5.74, 6) is 0.221. The monoisotopic (exact) mass is 366 g/mol. The van der Waals surface area contributed by atoms with Gasteiger partial charge < -0.3 is 18.9 Å². The number of ether oxygens (including phenoxy) is 4. The molecule has 0 N–H and O–H groups in total. The Hall–Kier alpha value is -1.43. The molecule has 0 spiro atoms. The van der Waals surface area contributed by atoms with Crippen LogP contribution in [0.5, 0.6) is 0 Å². The summed E-state index contributed by atoms with van der Waals surface area (Å²) in [7, 11) is 0. The summed E-state index contributed by atoms with van der Waals surface area (Å²) < 4.78 is 22.2. The molecule has 0 fully saturated rings. The third-order valence-corrected chi connectivity index (χ3v) is 4.14. The van der Waals surface area contributed by atoms with Crippen molar-refractivity contribution in [2.75, 3.05) is 33.0 Å². The van der Waals surface area contributed by atoms with E-state index in [1.165, 1.54) is 19.3 Å². The Morgan fingerprint density at radius 1 is 1.00 bits per heavy atom. The minimum absolute atomic E-state index is 0.209. The summed E-state index contributed by atoms with van der Waals surface area (Å²) >= 11 is 0.